The number of ether oxygens (including phenoxy) is 2. The molecule has 1 heterocycles. The molecule has 2 rings (SSSR count). The smallest absolute Gasteiger partial charge is 0.220 e. The molecular weight excluding hydrogens is 254 g/mol. The van der Waals surface area contributed by atoms with Crippen molar-refractivity contribution >= 4 is 17.5 Å². The molecule has 1 saturated carbocycles. The number of nitrogens with one attached hydrogen (secondary N) is 1. The van der Waals surface area contributed by atoms with Gasteiger partial charge in [-0.15, -0.1) is 11.6 Å². The summed E-state index contributed by atoms with van der Waals surface area (Å²) < 4.78 is 11.4. The molecule has 1 N–H and O–H groups in total. The number of carbonyl (C=O) groups excluding carboxylic acids is 1. The summed E-state index contributed by atoms with van der Waals surface area (Å²) in [6, 6.07) is 0.247. The minimum Gasteiger partial charge on any atom is -0.373 e. The molecule has 2 fully saturated rings. The number of hydrogen-bond acceptors (Lipinski definition) is 3. The van der Waals surface area contributed by atoms with Gasteiger partial charge < -0.3 is 14.8 Å². The highest BCUT2D eigenvalue weighted by molar-refractivity contribution is 6.17. The van der Waals surface area contributed by atoms with E-state index >= 15 is 0 Å². The predicted molar refractivity (Wildman–Crippen MR) is 69.8 cm³/mol. The summed E-state index contributed by atoms with van der Waals surface area (Å²) >= 11 is 5.59. The van der Waals surface area contributed by atoms with Crippen molar-refractivity contribution in [2.45, 2.75) is 56.8 Å². The summed E-state index contributed by atoms with van der Waals surface area (Å²) in [7, 11) is 0. The topological polar surface area (TPSA) is 47.6 Å². The maximum atomic E-state index is 11.7. The molecule has 1 aliphatic carbocycles. The second-order valence-electron chi connectivity index (χ2n) is 5.04. The Balaban J connectivity index is 1.69. The van der Waals surface area contributed by atoms with Gasteiger partial charge in [-0.2, -0.15) is 0 Å². The zero-order valence-corrected chi connectivity index (χ0v) is 11.5. The van der Waals surface area contributed by atoms with Gasteiger partial charge in [0.25, 0.3) is 0 Å². The summed E-state index contributed by atoms with van der Waals surface area (Å²) in [5.41, 5.74) is 0. The number of alkyl halides is 1. The summed E-state index contributed by atoms with van der Waals surface area (Å²) in [5, 5.41) is 3.09. The first kappa shape index (κ1) is 14.1. The van der Waals surface area contributed by atoms with Crippen LogP contribution >= 0.6 is 11.6 Å². The van der Waals surface area contributed by atoms with Crippen LogP contribution in [0.2, 0.25) is 0 Å². The van der Waals surface area contributed by atoms with Crippen molar-refractivity contribution in [1.82, 2.24) is 5.32 Å². The lowest BCUT2D eigenvalue weighted by atomic mass is 9.89. The molecule has 5 heteroatoms. The van der Waals surface area contributed by atoms with E-state index in [0.29, 0.717) is 25.5 Å². The molecule has 104 valence electrons. The number of hydrogen-bond donors (Lipinski definition) is 1. The second kappa shape index (κ2) is 7.31. The van der Waals surface area contributed by atoms with Crippen molar-refractivity contribution < 1.29 is 14.3 Å². The van der Waals surface area contributed by atoms with Crippen molar-refractivity contribution in [2.75, 3.05) is 19.1 Å². The van der Waals surface area contributed by atoms with Crippen LogP contribution < -0.4 is 5.32 Å². The van der Waals surface area contributed by atoms with Gasteiger partial charge in [-0.25, -0.2) is 0 Å². The Morgan fingerprint density at radius 2 is 1.94 bits per heavy atom. The third kappa shape index (κ3) is 4.11. The van der Waals surface area contributed by atoms with Gasteiger partial charge in [0.15, 0.2) is 0 Å². The molecule has 1 amide bonds. The highest BCUT2D eigenvalue weighted by Crippen LogP contribution is 2.26. The third-order valence-electron chi connectivity index (χ3n) is 3.63. The van der Waals surface area contributed by atoms with Gasteiger partial charge >= 0.3 is 0 Å². The Labute approximate surface area is 113 Å². The van der Waals surface area contributed by atoms with Crippen LogP contribution in [-0.4, -0.2) is 43.3 Å². The van der Waals surface area contributed by atoms with E-state index in [-0.39, 0.29) is 24.2 Å². The van der Waals surface area contributed by atoms with Crippen molar-refractivity contribution in [3.05, 3.63) is 0 Å². The number of carbonyl (C=O) groups is 1. The molecule has 0 aromatic heterocycles. The van der Waals surface area contributed by atoms with Crippen LogP contribution in [-0.2, 0) is 14.3 Å². The standard InChI is InChI=1S/C13H22ClNO3/c14-6-2-1-3-13(16)15-10-4-5-11-12(9-10)18-8-7-17-11/h10-12H,1-9H2,(H,15,16). The van der Waals surface area contributed by atoms with Gasteiger partial charge in [0.05, 0.1) is 25.4 Å². The van der Waals surface area contributed by atoms with Crippen LogP contribution in [0.15, 0.2) is 0 Å². The average molecular weight is 276 g/mol. The van der Waals surface area contributed by atoms with Crippen LogP contribution in [0.5, 0.6) is 0 Å². The van der Waals surface area contributed by atoms with E-state index in [1.54, 1.807) is 0 Å². The van der Waals surface area contributed by atoms with Gasteiger partial charge in [0.2, 0.25) is 5.91 Å². The summed E-state index contributed by atoms with van der Waals surface area (Å²) in [5.74, 6) is 0.770. The van der Waals surface area contributed by atoms with Crippen LogP contribution in [0.1, 0.15) is 38.5 Å². The maximum Gasteiger partial charge on any atom is 0.220 e. The van der Waals surface area contributed by atoms with E-state index in [4.69, 9.17) is 21.1 Å². The van der Waals surface area contributed by atoms with Crippen molar-refractivity contribution in [3.8, 4) is 0 Å². The molecule has 0 bridgehead atoms. The van der Waals surface area contributed by atoms with Crippen molar-refractivity contribution in [3.63, 3.8) is 0 Å². The van der Waals surface area contributed by atoms with Gasteiger partial charge in [-0.1, -0.05) is 0 Å². The van der Waals surface area contributed by atoms with Gasteiger partial charge in [-0.3, -0.25) is 4.79 Å². The molecule has 0 aromatic rings. The van der Waals surface area contributed by atoms with E-state index < -0.39 is 0 Å². The van der Waals surface area contributed by atoms with Gasteiger partial charge in [0.1, 0.15) is 0 Å². The Morgan fingerprint density at radius 1 is 1.17 bits per heavy atom. The van der Waals surface area contributed by atoms with E-state index in [2.05, 4.69) is 5.32 Å². The number of amides is 1. The highest BCUT2D eigenvalue weighted by atomic mass is 35.5. The Kier molecular flexibility index (Phi) is 5.73. The first-order valence-corrected chi connectivity index (χ1v) is 7.41. The Bertz CT molecular complexity index is 275. The van der Waals surface area contributed by atoms with Crippen LogP contribution in [0, 0.1) is 0 Å². The lowest BCUT2D eigenvalue weighted by molar-refractivity contribution is -0.158. The van der Waals surface area contributed by atoms with Gasteiger partial charge in [0, 0.05) is 18.3 Å². The molecule has 2 aliphatic rings. The molecule has 1 aliphatic heterocycles. The Hall–Kier alpha value is -0.320. The largest absolute Gasteiger partial charge is 0.373 e. The van der Waals surface area contributed by atoms with Crippen molar-refractivity contribution in [2.24, 2.45) is 0 Å². The minimum absolute atomic E-state index is 0.139. The zero-order chi connectivity index (χ0) is 12.8. The summed E-state index contributed by atoms with van der Waals surface area (Å²) in [4.78, 5) is 11.7. The SMILES string of the molecule is O=C(CCCCCl)NC1CCC2OCCOC2C1. The maximum absolute atomic E-state index is 11.7. The Morgan fingerprint density at radius 3 is 2.72 bits per heavy atom. The highest BCUT2D eigenvalue weighted by Gasteiger charge is 2.34. The fraction of sp³-hybridized carbons (Fsp3) is 0.923. The van der Waals surface area contributed by atoms with Gasteiger partial charge in [-0.05, 0) is 32.1 Å². The minimum atomic E-state index is 0.139. The summed E-state index contributed by atoms with van der Waals surface area (Å²) in [6.07, 6.45) is 5.61. The lowest BCUT2D eigenvalue weighted by Gasteiger charge is -2.39. The van der Waals surface area contributed by atoms with E-state index in [1.165, 1.54) is 0 Å². The molecule has 0 spiro atoms. The second-order valence-corrected chi connectivity index (χ2v) is 5.42. The molecule has 18 heavy (non-hydrogen) atoms. The number of fused-ring (bicyclic) bond motifs is 1. The average Bonchev–Trinajstić information content (AvgIpc) is 2.39. The molecule has 0 radical (unpaired) electrons. The number of halogens is 1. The fourth-order valence-corrected chi connectivity index (χ4v) is 2.87. The molecule has 1 saturated heterocycles. The quantitative estimate of drug-likeness (QED) is 0.615. The van der Waals surface area contributed by atoms with E-state index in [9.17, 15) is 4.79 Å². The first-order valence-electron chi connectivity index (χ1n) is 6.88. The van der Waals surface area contributed by atoms with Crippen LogP contribution in [0.3, 0.4) is 0 Å². The first-order chi connectivity index (χ1) is 8.79. The third-order valence-corrected chi connectivity index (χ3v) is 3.90. The van der Waals surface area contributed by atoms with E-state index in [0.717, 1.165) is 32.1 Å². The molecule has 0 aromatic carbocycles. The predicted octanol–water partition coefficient (Wildman–Crippen LogP) is 1.85. The molecule has 3 atom stereocenters. The fourth-order valence-electron chi connectivity index (χ4n) is 2.68. The van der Waals surface area contributed by atoms with Crippen LogP contribution in [0.25, 0.3) is 0 Å². The normalized spacial score (nSPS) is 31.7. The molecule has 3 unspecified atom stereocenters. The molecule has 4 nitrogen and oxygen atoms in total. The number of unbranched alkanes of at least 4 members (excludes halogenated alkanes) is 1. The van der Waals surface area contributed by atoms with E-state index in [1.807, 2.05) is 0 Å². The monoisotopic (exact) mass is 275 g/mol. The lowest BCUT2D eigenvalue weighted by Crippen LogP contribution is -2.49. The summed E-state index contributed by atoms with van der Waals surface area (Å²) in [6.45, 7) is 1.38. The molecular formula is C13H22ClNO3. The van der Waals surface area contributed by atoms with Crippen LogP contribution in [0.4, 0.5) is 0 Å². The zero-order valence-electron chi connectivity index (χ0n) is 10.7. The number of rotatable bonds is 5. The van der Waals surface area contributed by atoms with Crippen molar-refractivity contribution in [1.29, 1.82) is 0 Å².